The van der Waals surface area contributed by atoms with Crippen molar-refractivity contribution in [3.05, 3.63) is 78.6 Å². The number of hydrazine groups is 1. The SMILES string of the molecule is CN.CN.NN.Nc1ccccc1.c1ccc2c(c1)C[n+]1cccn1-2. The highest BCUT2D eigenvalue weighted by Gasteiger charge is 2.22. The van der Waals surface area contributed by atoms with Gasteiger partial charge >= 0.3 is 0 Å². The minimum atomic E-state index is 0.822. The standard InChI is InChI=1S/C10H9N2.C6H7N.2CH5N.H4N2/c1-2-5-10-9(4-1)8-11-6-3-7-12(10)11;7-6-4-2-1-3-5-6;3*1-2/h1-7H,8H2;1-5H,7H2;2*2H2,1H3;1-2H2/q+1;;;;. The number of nitrogens with zero attached hydrogens (tertiary/aromatic N) is 2. The second kappa shape index (κ2) is 13.7. The van der Waals surface area contributed by atoms with E-state index in [1.54, 1.807) is 0 Å². The van der Waals surface area contributed by atoms with Crippen LogP contribution in [0.25, 0.3) is 5.69 Å². The third-order valence-electron chi connectivity index (χ3n) is 3.13. The van der Waals surface area contributed by atoms with Crippen LogP contribution in [0.3, 0.4) is 0 Å². The second-order valence-corrected chi connectivity index (χ2v) is 4.47. The minimum Gasteiger partial charge on any atom is -0.399 e. The van der Waals surface area contributed by atoms with E-state index in [0.29, 0.717) is 0 Å². The number of para-hydroxylation sites is 2. The van der Waals surface area contributed by atoms with Crippen LogP contribution in [0.5, 0.6) is 0 Å². The Bertz CT molecular complexity index is 681. The molecule has 0 spiro atoms. The number of fused-ring (bicyclic) bond motifs is 3. The molecule has 0 radical (unpaired) electrons. The van der Waals surface area contributed by atoms with Gasteiger partial charge in [-0.25, -0.2) is 0 Å². The molecule has 3 aromatic rings. The molecule has 0 aliphatic carbocycles. The summed E-state index contributed by atoms with van der Waals surface area (Å²) in [5.74, 6) is 8.00. The van der Waals surface area contributed by atoms with Crippen LogP contribution in [0.15, 0.2) is 73.1 Å². The normalized spacial score (nSPS) is 9.20. The van der Waals surface area contributed by atoms with Gasteiger partial charge in [0.15, 0.2) is 12.7 Å². The van der Waals surface area contributed by atoms with E-state index in [9.17, 15) is 0 Å². The number of nitrogen functional groups attached to an aromatic ring is 1. The molecule has 25 heavy (non-hydrogen) atoms. The lowest BCUT2D eigenvalue weighted by atomic mass is 10.2. The van der Waals surface area contributed by atoms with Crippen LogP contribution in [0, 0.1) is 0 Å². The molecule has 10 N–H and O–H groups in total. The van der Waals surface area contributed by atoms with Gasteiger partial charge in [-0.05, 0) is 32.3 Å². The molecule has 0 unspecified atom stereocenters. The van der Waals surface area contributed by atoms with Crippen molar-refractivity contribution < 1.29 is 4.68 Å². The molecule has 0 fully saturated rings. The van der Waals surface area contributed by atoms with Gasteiger partial charge in [-0.15, -0.1) is 9.36 Å². The van der Waals surface area contributed by atoms with Gasteiger partial charge in [0.25, 0.3) is 0 Å². The maximum atomic E-state index is 5.36. The smallest absolute Gasteiger partial charge is 0.200 e. The van der Waals surface area contributed by atoms with Gasteiger partial charge in [0, 0.05) is 17.3 Å². The average Bonchev–Trinajstić information content (AvgIpc) is 3.29. The zero-order valence-corrected chi connectivity index (χ0v) is 14.9. The number of hydrogen-bond acceptors (Lipinski definition) is 5. The molecule has 1 aliphatic rings. The molecular formula is C18H30N7+. The van der Waals surface area contributed by atoms with E-state index in [0.717, 1.165) is 12.2 Å². The summed E-state index contributed by atoms with van der Waals surface area (Å²) in [6.45, 7) is 1.00. The Morgan fingerprint density at radius 1 is 0.800 bits per heavy atom. The molecule has 0 saturated carbocycles. The van der Waals surface area contributed by atoms with Crippen molar-refractivity contribution in [2.75, 3.05) is 19.8 Å². The Labute approximate surface area is 149 Å². The van der Waals surface area contributed by atoms with Gasteiger partial charge in [-0.3, -0.25) is 11.7 Å². The van der Waals surface area contributed by atoms with Crippen LogP contribution in [-0.4, -0.2) is 18.8 Å². The maximum Gasteiger partial charge on any atom is 0.200 e. The number of anilines is 1. The van der Waals surface area contributed by atoms with Gasteiger partial charge < -0.3 is 17.2 Å². The quantitative estimate of drug-likeness (QED) is 0.136. The molecule has 2 aromatic carbocycles. The summed E-state index contributed by atoms with van der Waals surface area (Å²) in [5.41, 5.74) is 17.9. The summed E-state index contributed by atoms with van der Waals surface area (Å²) in [4.78, 5) is 0. The molecule has 0 bridgehead atoms. The van der Waals surface area contributed by atoms with Crippen molar-refractivity contribution >= 4 is 5.69 Å². The molecule has 2 heterocycles. The number of benzene rings is 2. The van der Waals surface area contributed by atoms with Crippen molar-refractivity contribution in [1.29, 1.82) is 0 Å². The van der Waals surface area contributed by atoms with E-state index in [1.807, 2.05) is 30.3 Å². The second-order valence-electron chi connectivity index (χ2n) is 4.47. The van der Waals surface area contributed by atoms with Crippen molar-refractivity contribution in [2.45, 2.75) is 6.54 Å². The molecule has 0 amide bonds. The Morgan fingerprint density at radius 3 is 1.92 bits per heavy atom. The van der Waals surface area contributed by atoms with Crippen LogP contribution in [0.4, 0.5) is 5.69 Å². The van der Waals surface area contributed by atoms with Crippen LogP contribution < -0.4 is 33.6 Å². The predicted octanol–water partition coefficient (Wildman–Crippen LogP) is 0.364. The number of rotatable bonds is 0. The van der Waals surface area contributed by atoms with E-state index in [-0.39, 0.29) is 0 Å². The van der Waals surface area contributed by atoms with Crippen molar-refractivity contribution in [3.8, 4) is 5.69 Å². The molecule has 0 saturated heterocycles. The highest BCUT2D eigenvalue weighted by molar-refractivity contribution is 5.40. The summed E-state index contributed by atoms with van der Waals surface area (Å²) in [6.07, 6.45) is 4.19. The van der Waals surface area contributed by atoms with Gasteiger partial charge in [0.2, 0.25) is 0 Å². The molecule has 7 heteroatoms. The first kappa shape index (κ1) is 22.3. The van der Waals surface area contributed by atoms with Gasteiger partial charge in [-0.1, -0.05) is 36.4 Å². The van der Waals surface area contributed by atoms with Gasteiger partial charge in [-0.2, -0.15) is 0 Å². The van der Waals surface area contributed by atoms with Crippen LogP contribution in [0.2, 0.25) is 0 Å². The Morgan fingerprint density at radius 2 is 1.36 bits per heavy atom. The zero-order valence-electron chi connectivity index (χ0n) is 14.9. The fraction of sp³-hybridized carbons (Fsp3) is 0.167. The third-order valence-corrected chi connectivity index (χ3v) is 3.13. The molecule has 7 nitrogen and oxygen atoms in total. The highest BCUT2D eigenvalue weighted by atomic mass is 15.4. The highest BCUT2D eigenvalue weighted by Crippen LogP contribution is 2.16. The van der Waals surface area contributed by atoms with Crippen LogP contribution >= 0.6 is 0 Å². The van der Waals surface area contributed by atoms with Gasteiger partial charge in [0.05, 0.1) is 6.20 Å². The van der Waals surface area contributed by atoms with E-state index < -0.39 is 0 Å². The first-order valence-corrected chi connectivity index (χ1v) is 7.79. The summed E-state index contributed by atoms with van der Waals surface area (Å²) in [7, 11) is 3.00. The predicted molar refractivity (Wildman–Crippen MR) is 105 cm³/mol. The lowest BCUT2D eigenvalue weighted by Gasteiger charge is -1.91. The van der Waals surface area contributed by atoms with Crippen molar-refractivity contribution in [2.24, 2.45) is 23.2 Å². The molecule has 1 aliphatic heterocycles. The van der Waals surface area contributed by atoms with E-state index in [1.165, 1.54) is 25.3 Å². The van der Waals surface area contributed by atoms with Crippen molar-refractivity contribution in [1.82, 2.24) is 4.68 Å². The van der Waals surface area contributed by atoms with E-state index >= 15 is 0 Å². The van der Waals surface area contributed by atoms with Crippen molar-refractivity contribution in [3.63, 3.8) is 0 Å². The monoisotopic (exact) mass is 344 g/mol. The molecule has 0 atom stereocenters. The lowest BCUT2D eigenvalue weighted by Crippen LogP contribution is -2.36. The molecule has 4 rings (SSSR count). The number of hydrogen-bond donors (Lipinski definition) is 5. The molecule has 136 valence electrons. The molecule has 1 aromatic heterocycles. The lowest BCUT2D eigenvalue weighted by molar-refractivity contribution is -0.751. The Balaban J connectivity index is 0.000000383. The number of nitrogens with two attached hydrogens (primary N) is 5. The Kier molecular flexibility index (Phi) is 12.2. The van der Waals surface area contributed by atoms with E-state index in [2.05, 4.69) is 75.2 Å². The summed E-state index contributed by atoms with van der Waals surface area (Å²) in [5, 5.41) is 0. The number of aromatic nitrogens is 2. The fourth-order valence-corrected chi connectivity index (χ4v) is 2.22. The summed E-state index contributed by atoms with van der Waals surface area (Å²) < 4.78 is 4.38. The average molecular weight is 344 g/mol. The Hall–Kier alpha value is -2.71. The largest absolute Gasteiger partial charge is 0.399 e. The van der Waals surface area contributed by atoms with E-state index in [4.69, 9.17) is 5.73 Å². The minimum absolute atomic E-state index is 0.822. The third kappa shape index (κ3) is 6.74. The first-order valence-electron chi connectivity index (χ1n) is 7.79. The zero-order chi connectivity index (χ0) is 19.1. The topological polar surface area (TPSA) is 139 Å². The van der Waals surface area contributed by atoms with Crippen LogP contribution in [-0.2, 0) is 6.54 Å². The first-order chi connectivity index (χ1) is 12.3. The summed E-state index contributed by atoms with van der Waals surface area (Å²) >= 11 is 0. The maximum absolute atomic E-state index is 5.36. The molecular weight excluding hydrogens is 314 g/mol. The summed E-state index contributed by atoms with van der Waals surface area (Å²) in [6, 6.07) is 20.0. The van der Waals surface area contributed by atoms with Gasteiger partial charge in [0.1, 0.15) is 5.69 Å². The van der Waals surface area contributed by atoms with Crippen LogP contribution in [0.1, 0.15) is 5.56 Å². The fourth-order valence-electron chi connectivity index (χ4n) is 2.22.